The Bertz CT molecular complexity index is 1910. The second kappa shape index (κ2) is 8.31. The van der Waals surface area contributed by atoms with Crippen LogP contribution in [0.5, 0.6) is 0 Å². The van der Waals surface area contributed by atoms with Gasteiger partial charge in [0, 0.05) is 55.8 Å². The second-order valence-electron chi connectivity index (χ2n) is 11.1. The number of imidazole rings is 1. The quantitative estimate of drug-likeness (QED) is 0.373. The van der Waals surface area contributed by atoms with Gasteiger partial charge in [0.15, 0.2) is 5.82 Å². The molecule has 0 amide bonds. The first-order chi connectivity index (χ1) is 19.1. The zero-order valence-electron chi connectivity index (χ0n) is 22.5. The first kappa shape index (κ1) is 24.6. The Morgan fingerprint density at radius 1 is 1.02 bits per heavy atom. The monoisotopic (exact) mass is 543 g/mol. The molecule has 1 aliphatic heterocycles. The molecular weight excluding hydrogens is 516 g/mol. The highest BCUT2D eigenvalue weighted by Crippen LogP contribution is 2.47. The molecule has 2 aliphatic rings. The molecule has 40 heavy (non-hydrogen) atoms. The molecule has 0 saturated heterocycles. The van der Waals surface area contributed by atoms with Gasteiger partial charge in [-0.3, -0.25) is 18.6 Å². The molecule has 1 spiro atoms. The Balaban J connectivity index is 1.48. The van der Waals surface area contributed by atoms with E-state index in [4.69, 9.17) is 5.10 Å². The average molecular weight is 544 g/mol. The Labute approximate surface area is 227 Å². The smallest absolute Gasteiger partial charge is 0.309 e. The lowest BCUT2D eigenvalue weighted by molar-refractivity contribution is -0.128. The Kier molecular flexibility index (Phi) is 5.12. The summed E-state index contributed by atoms with van der Waals surface area (Å²) in [5.41, 5.74) is 2.81. The Hall–Kier alpha value is -4.38. The first-order valence-electron chi connectivity index (χ1n) is 13.2. The zero-order chi connectivity index (χ0) is 28.1. The molecule has 5 aromatic rings. The fraction of sp³-hybridized carbons (Fsp3) is 0.310. The number of halogens is 2. The minimum Gasteiger partial charge on any atom is -0.309 e. The predicted octanol–water partition coefficient (Wildman–Crippen LogP) is 3.86. The van der Waals surface area contributed by atoms with E-state index < -0.39 is 16.9 Å². The lowest BCUT2D eigenvalue weighted by Crippen LogP contribution is -2.53. The number of hydrogen-bond acceptors (Lipinski definition) is 5. The highest BCUT2D eigenvalue weighted by molar-refractivity contribution is 5.89. The van der Waals surface area contributed by atoms with Gasteiger partial charge in [-0.05, 0) is 56.2 Å². The second-order valence-corrected chi connectivity index (χ2v) is 11.1. The van der Waals surface area contributed by atoms with Crippen molar-refractivity contribution in [2.45, 2.75) is 45.1 Å². The van der Waals surface area contributed by atoms with Gasteiger partial charge in [0.05, 0.1) is 34.2 Å². The minimum absolute atomic E-state index is 0.102. The molecule has 11 heteroatoms. The van der Waals surface area contributed by atoms with E-state index in [1.807, 2.05) is 6.92 Å². The maximum Gasteiger partial charge on any atom is 0.338 e. The van der Waals surface area contributed by atoms with Crippen LogP contribution in [0.2, 0.25) is 0 Å². The molecule has 1 fully saturated rings. The van der Waals surface area contributed by atoms with Crippen LogP contribution in [-0.2, 0) is 17.3 Å². The Morgan fingerprint density at radius 2 is 1.73 bits per heavy atom. The molecule has 7 rings (SSSR count). The standard InChI is InChI=1S/C29H27F2N7O2/c1-15-9-18(10-16(2)24(15)30)38-27(23-17(3)32-14-29(26(23)34-38)11-19(39)12-29)37-8-7-36(28(37)40)22-6-5-21-20(25(22)31)13-33-35(21)4/h5-10,13,17,32H,11-12,14H2,1-4H3/t17-/m0/s1. The molecular formula is C29H27F2N7O2. The summed E-state index contributed by atoms with van der Waals surface area (Å²) in [6.07, 6.45) is 5.28. The van der Waals surface area contributed by atoms with Crippen molar-refractivity contribution in [2.75, 3.05) is 6.54 Å². The summed E-state index contributed by atoms with van der Waals surface area (Å²) < 4.78 is 36.1. The number of carbonyl (C=O) groups is 1. The van der Waals surface area contributed by atoms with Crippen molar-refractivity contribution < 1.29 is 13.6 Å². The van der Waals surface area contributed by atoms with Crippen molar-refractivity contribution >= 4 is 16.7 Å². The Morgan fingerprint density at radius 3 is 2.42 bits per heavy atom. The molecule has 4 heterocycles. The molecule has 1 aliphatic carbocycles. The minimum atomic E-state index is -0.548. The van der Waals surface area contributed by atoms with Gasteiger partial charge in [0.25, 0.3) is 0 Å². The highest BCUT2D eigenvalue weighted by atomic mass is 19.1. The van der Waals surface area contributed by atoms with E-state index in [-0.39, 0.29) is 23.3 Å². The number of rotatable bonds is 3. The molecule has 3 aromatic heterocycles. The van der Waals surface area contributed by atoms with E-state index in [0.717, 1.165) is 11.3 Å². The third kappa shape index (κ3) is 3.27. The van der Waals surface area contributed by atoms with E-state index in [2.05, 4.69) is 10.4 Å². The molecule has 1 saturated carbocycles. The van der Waals surface area contributed by atoms with Crippen LogP contribution in [0.1, 0.15) is 48.2 Å². The maximum atomic E-state index is 15.6. The predicted molar refractivity (Wildman–Crippen MR) is 144 cm³/mol. The van der Waals surface area contributed by atoms with Crippen LogP contribution in [0.4, 0.5) is 8.78 Å². The molecule has 2 aromatic carbocycles. The van der Waals surface area contributed by atoms with E-state index in [9.17, 15) is 14.0 Å². The topological polar surface area (TPSA) is 91.7 Å². The van der Waals surface area contributed by atoms with E-state index >= 15 is 4.39 Å². The van der Waals surface area contributed by atoms with Gasteiger partial charge in [-0.1, -0.05) is 0 Å². The van der Waals surface area contributed by atoms with Crippen molar-refractivity contribution in [3.63, 3.8) is 0 Å². The lowest BCUT2D eigenvalue weighted by atomic mass is 9.63. The molecule has 1 N–H and O–H groups in total. The molecule has 204 valence electrons. The zero-order valence-corrected chi connectivity index (χ0v) is 22.5. The number of fused-ring (bicyclic) bond motifs is 3. The van der Waals surface area contributed by atoms with Crippen LogP contribution in [0.25, 0.3) is 28.1 Å². The van der Waals surface area contributed by atoms with Crippen molar-refractivity contribution in [1.29, 1.82) is 0 Å². The van der Waals surface area contributed by atoms with Crippen LogP contribution < -0.4 is 11.0 Å². The summed E-state index contributed by atoms with van der Waals surface area (Å²) in [6.45, 7) is 5.95. The number of ketones is 1. The number of aryl methyl sites for hydroxylation is 3. The largest absolute Gasteiger partial charge is 0.338 e. The van der Waals surface area contributed by atoms with E-state index in [1.54, 1.807) is 60.7 Å². The number of hydrogen-bond donors (Lipinski definition) is 1. The number of nitrogens with zero attached hydrogens (tertiary/aromatic N) is 6. The van der Waals surface area contributed by atoms with Gasteiger partial charge in [0.1, 0.15) is 17.4 Å². The third-order valence-electron chi connectivity index (χ3n) is 8.43. The molecule has 1 atom stereocenters. The van der Waals surface area contributed by atoms with Gasteiger partial charge < -0.3 is 5.32 Å². The van der Waals surface area contributed by atoms with Crippen molar-refractivity contribution in [3.05, 3.63) is 87.4 Å². The normalized spacial score (nSPS) is 17.9. The number of carbonyl (C=O) groups excluding carboxylic acids is 1. The summed E-state index contributed by atoms with van der Waals surface area (Å²) in [4.78, 5) is 26.1. The van der Waals surface area contributed by atoms with E-state index in [0.29, 0.717) is 52.9 Å². The summed E-state index contributed by atoms with van der Waals surface area (Å²) in [5.74, 6) is -0.211. The molecule has 0 radical (unpaired) electrons. The third-order valence-corrected chi connectivity index (χ3v) is 8.43. The number of nitrogens with one attached hydrogen (secondary N) is 1. The van der Waals surface area contributed by atoms with E-state index in [1.165, 1.54) is 21.5 Å². The van der Waals surface area contributed by atoms with Crippen LogP contribution in [0.15, 0.2) is 47.7 Å². The van der Waals surface area contributed by atoms with Gasteiger partial charge in [-0.2, -0.15) is 10.2 Å². The van der Waals surface area contributed by atoms with Crippen LogP contribution >= 0.6 is 0 Å². The van der Waals surface area contributed by atoms with Crippen LogP contribution in [0, 0.1) is 25.5 Å². The SMILES string of the molecule is Cc1cc(-n2nc3c(c2-n2ccn(-c4ccc5c(cnn5C)c4F)c2=O)[C@H](C)NCC32CC(=O)C2)cc(C)c1F. The summed E-state index contributed by atoms with van der Waals surface area (Å²) in [6, 6.07) is 6.49. The summed E-state index contributed by atoms with van der Waals surface area (Å²) in [5, 5.41) is 12.9. The van der Waals surface area contributed by atoms with Crippen LogP contribution in [0.3, 0.4) is 0 Å². The lowest BCUT2D eigenvalue weighted by Gasteiger charge is -2.44. The molecule has 0 bridgehead atoms. The van der Waals surface area contributed by atoms with Crippen molar-refractivity contribution in [3.8, 4) is 17.2 Å². The number of aromatic nitrogens is 6. The van der Waals surface area contributed by atoms with Gasteiger partial charge in [-0.25, -0.2) is 18.3 Å². The van der Waals surface area contributed by atoms with Crippen molar-refractivity contribution in [2.24, 2.45) is 7.05 Å². The maximum absolute atomic E-state index is 15.6. The summed E-state index contributed by atoms with van der Waals surface area (Å²) >= 11 is 0. The fourth-order valence-electron chi connectivity index (χ4n) is 6.29. The first-order valence-corrected chi connectivity index (χ1v) is 13.2. The van der Waals surface area contributed by atoms with Gasteiger partial charge in [0.2, 0.25) is 0 Å². The number of benzene rings is 2. The summed E-state index contributed by atoms with van der Waals surface area (Å²) in [7, 11) is 1.73. The van der Waals surface area contributed by atoms with Gasteiger partial charge in [-0.15, -0.1) is 0 Å². The van der Waals surface area contributed by atoms with Crippen LogP contribution in [-0.4, -0.2) is 41.0 Å². The average Bonchev–Trinajstić information content (AvgIpc) is 3.59. The van der Waals surface area contributed by atoms with Crippen molar-refractivity contribution in [1.82, 2.24) is 34.0 Å². The van der Waals surface area contributed by atoms with Gasteiger partial charge >= 0.3 is 5.69 Å². The molecule has 9 nitrogen and oxygen atoms in total. The molecule has 0 unspecified atom stereocenters. The highest BCUT2D eigenvalue weighted by Gasteiger charge is 2.52. The number of Topliss-reactive ketones (excluding diaryl/α,β-unsaturated/α-hetero) is 1. The fourth-order valence-corrected chi connectivity index (χ4v) is 6.29.